The highest BCUT2D eigenvalue weighted by Gasteiger charge is 2.23. The maximum atomic E-state index is 5.24. The Kier molecular flexibility index (Phi) is 4.28. The van der Waals surface area contributed by atoms with E-state index in [4.69, 9.17) is 4.74 Å². The third kappa shape index (κ3) is 3.29. The first kappa shape index (κ1) is 14.2. The van der Waals surface area contributed by atoms with Crippen molar-refractivity contribution in [1.82, 2.24) is 0 Å². The fraction of sp³-hybridized carbons (Fsp3) is 0.400. The van der Waals surface area contributed by atoms with Gasteiger partial charge >= 0.3 is 0 Å². The normalized spacial score (nSPS) is 22.0. The number of ether oxygens (including phenoxy) is 1. The van der Waals surface area contributed by atoms with Crippen LogP contribution in [0.2, 0.25) is 0 Å². The van der Waals surface area contributed by atoms with Gasteiger partial charge in [0.25, 0.3) is 0 Å². The third-order valence-corrected chi connectivity index (χ3v) is 4.86. The van der Waals surface area contributed by atoms with Crippen LogP contribution in [0.3, 0.4) is 0 Å². The van der Waals surface area contributed by atoms with E-state index in [0.717, 1.165) is 17.6 Å². The van der Waals surface area contributed by atoms with Crippen LogP contribution in [0.4, 0.5) is 0 Å². The summed E-state index contributed by atoms with van der Waals surface area (Å²) in [6.07, 6.45) is 5.20. The molecule has 1 aliphatic carbocycles. The highest BCUT2D eigenvalue weighted by molar-refractivity contribution is 5.30. The molecule has 1 aliphatic rings. The molecule has 0 aliphatic heterocycles. The quantitative estimate of drug-likeness (QED) is 0.727. The smallest absolute Gasteiger partial charge is 0.118 e. The van der Waals surface area contributed by atoms with Gasteiger partial charge < -0.3 is 4.74 Å². The second kappa shape index (κ2) is 6.34. The van der Waals surface area contributed by atoms with E-state index in [1.54, 1.807) is 7.11 Å². The van der Waals surface area contributed by atoms with Crippen LogP contribution < -0.4 is 4.74 Å². The number of rotatable bonds is 3. The van der Waals surface area contributed by atoms with E-state index in [-0.39, 0.29) is 0 Å². The summed E-state index contributed by atoms with van der Waals surface area (Å²) in [5.41, 5.74) is 4.35. The predicted octanol–water partition coefficient (Wildman–Crippen LogP) is 5.45. The zero-order valence-electron chi connectivity index (χ0n) is 13.0. The van der Waals surface area contributed by atoms with Crippen molar-refractivity contribution in [3.8, 4) is 5.75 Å². The minimum Gasteiger partial charge on any atom is -0.497 e. The summed E-state index contributed by atoms with van der Waals surface area (Å²) in [7, 11) is 1.72. The van der Waals surface area contributed by atoms with E-state index in [9.17, 15) is 0 Å². The molecular formula is C20H24O. The molecule has 1 heteroatoms. The average Bonchev–Trinajstić information content (AvgIpc) is 2.56. The zero-order valence-corrected chi connectivity index (χ0v) is 13.0. The molecule has 0 spiro atoms. The van der Waals surface area contributed by atoms with Crippen LogP contribution in [-0.2, 0) is 0 Å². The SMILES string of the molecule is COc1ccc(C2CCC(c3ccc(C)cc3)CC2)cc1. The van der Waals surface area contributed by atoms with E-state index < -0.39 is 0 Å². The van der Waals surface area contributed by atoms with Gasteiger partial charge in [-0.15, -0.1) is 0 Å². The first-order chi connectivity index (χ1) is 10.3. The van der Waals surface area contributed by atoms with Crippen LogP contribution in [-0.4, -0.2) is 7.11 Å². The molecule has 2 aromatic carbocycles. The molecule has 0 saturated heterocycles. The molecule has 0 bridgehead atoms. The van der Waals surface area contributed by atoms with Gasteiger partial charge in [0.1, 0.15) is 5.75 Å². The first-order valence-electron chi connectivity index (χ1n) is 7.97. The maximum Gasteiger partial charge on any atom is 0.118 e. The lowest BCUT2D eigenvalue weighted by Gasteiger charge is -2.29. The van der Waals surface area contributed by atoms with Gasteiger partial charge in [0.15, 0.2) is 0 Å². The minimum atomic E-state index is 0.720. The molecule has 0 amide bonds. The Balaban J connectivity index is 1.62. The monoisotopic (exact) mass is 280 g/mol. The summed E-state index contributed by atoms with van der Waals surface area (Å²) in [6.45, 7) is 2.16. The second-order valence-corrected chi connectivity index (χ2v) is 6.23. The molecule has 2 aromatic rings. The van der Waals surface area contributed by atoms with Crippen molar-refractivity contribution in [3.63, 3.8) is 0 Å². The summed E-state index contributed by atoms with van der Waals surface area (Å²) in [5.74, 6) is 2.42. The van der Waals surface area contributed by atoms with E-state index >= 15 is 0 Å². The van der Waals surface area contributed by atoms with Gasteiger partial charge in [-0.1, -0.05) is 42.0 Å². The summed E-state index contributed by atoms with van der Waals surface area (Å²) in [5, 5.41) is 0. The van der Waals surface area contributed by atoms with E-state index in [1.165, 1.54) is 42.4 Å². The Morgan fingerprint density at radius 1 is 0.714 bits per heavy atom. The van der Waals surface area contributed by atoms with Crippen LogP contribution >= 0.6 is 0 Å². The molecule has 21 heavy (non-hydrogen) atoms. The molecule has 0 heterocycles. The molecule has 110 valence electrons. The predicted molar refractivity (Wildman–Crippen MR) is 88.1 cm³/mol. The standard InChI is InChI=1S/C20H24O/c1-15-3-5-16(6-4-15)17-7-9-18(10-8-17)19-11-13-20(21-2)14-12-19/h3-6,11-14,17-18H,7-10H2,1-2H3. The zero-order chi connectivity index (χ0) is 14.7. The number of hydrogen-bond donors (Lipinski definition) is 0. The fourth-order valence-electron chi connectivity index (χ4n) is 3.47. The van der Waals surface area contributed by atoms with Crippen LogP contribution in [0.1, 0.15) is 54.2 Å². The van der Waals surface area contributed by atoms with Crippen molar-refractivity contribution in [1.29, 1.82) is 0 Å². The van der Waals surface area contributed by atoms with Crippen molar-refractivity contribution in [2.45, 2.75) is 44.4 Å². The minimum absolute atomic E-state index is 0.720. The Morgan fingerprint density at radius 3 is 1.57 bits per heavy atom. The summed E-state index contributed by atoms with van der Waals surface area (Å²) in [4.78, 5) is 0. The van der Waals surface area contributed by atoms with E-state index in [2.05, 4.69) is 55.5 Å². The highest BCUT2D eigenvalue weighted by Crippen LogP contribution is 2.40. The van der Waals surface area contributed by atoms with Gasteiger partial charge in [-0.3, -0.25) is 0 Å². The van der Waals surface area contributed by atoms with Crippen molar-refractivity contribution in [3.05, 3.63) is 65.2 Å². The van der Waals surface area contributed by atoms with Crippen LogP contribution in [0.5, 0.6) is 5.75 Å². The fourth-order valence-corrected chi connectivity index (χ4v) is 3.47. The molecule has 3 rings (SSSR count). The highest BCUT2D eigenvalue weighted by atomic mass is 16.5. The van der Waals surface area contributed by atoms with Crippen molar-refractivity contribution in [2.75, 3.05) is 7.11 Å². The topological polar surface area (TPSA) is 9.23 Å². The molecule has 0 radical (unpaired) electrons. The van der Waals surface area contributed by atoms with E-state index in [0.29, 0.717) is 0 Å². The van der Waals surface area contributed by atoms with Gasteiger partial charge in [-0.25, -0.2) is 0 Å². The second-order valence-electron chi connectivity index (χ2n) is 6.23. The number of benzene rings is 2. The molecule has 1 nitrogen and oxygen atoms in total. The summed E-state index contributed by atoms with van der Waals surface area (Å²) >= 11 is 0. The Bertz CT molecular complexity index is 560. The van der Waals surface area contributed by atoms with E-state index in [1.807, 2.05) is 0 Å². The Labute approximate surface area is 128 Å². The summed E-state index contributed by atoms with van der Waals surface area (Å²) in [6, 6.07) is 17.7. The molecule has 0 atom stereocenters. The first-order valence-corrected chi connectivity index (χ1v) is 7.97. The van der Waals surface area contributed by atoms with Gasteiger partial charge in [-0.2, -0.15) is 0 Å². The van der Waals surface area contributed by atoms with Crippen molar-refractivity contribution < 1.29 is 4.74 Å². The van der Waals surface area contributed by atoms with Crippen molar-refractivity contribution >= 4 is 0 Å². The number of aryl methyl sites for hydroxylation is 1. The Morgan fingerprint density at radius 2 is 1.14 bits per heavy atom. The molecule has 1 saturated carbocycles. The lowest BCUT2D eigenvalue weighted by Crippen LogP contribution is -2.12. The largest absolute Gasteiger partial charge is 0.497 e. The van der Waals surface area contributed by atoms with Crippen LogP contribution in [0, 0.1) is 6.92 Å². The molecule has 0 N–H and O–H groups in total. The molecule has 1 fully saturated rings. The lowest BCUT2D eigenvalue weighted by molar-refractivity contribution is 0.394. The lowest BCUT2D eigenvalue weighted by atomic mass is 9.76. The van der Waals surface area contributed by atoms with Crippen LogP contribution in [0.25, 0.3) is 0 Å². The van der Waals surface area contributed by atoms with Gasteiger partial charge in [0, 0.05) is 0 Å². The molecular weight excluding hydrogens is 256 g/mol. The van der Waals surface area contributed by atoms with Gasteiger partial charge in [0.05, 0.1) is 7.11 Å². The summed E-state index contributed by atoms with van der Waals surface area (Å²) < 4.78 is 5.24. The van der Waals surface area contributed by atoms with Gasteiger partial charge in [0.2, 0.25) is 0 Å². The molecule has 0 aromatic heterocycles. The Hall–Kier alpha value is -1.76. The average molecular weight is 280 g/mol. The van der Waals surface area contributed by atoms with Crippen molar-refractivity contribution in [2.24, 2.45) is 0 Å². The maximum absolute atomic E-state index is 5.24. The molecule has 0 unspecified atom stereocenters. The number of methoxy groups -OCH3 is 1. The number of hydrogen-bond acceptors (Lipinski definition) is 1. The van der Waals surface area contributed by atoms with Gasteiger partial charge in [-0.05, 0) is 67.7 Å². The third-order valence-electron chi connectivity index (χ3n) is 4.86. The van der Waals surface area contributed by atoms with Crippen LogP contribution in [0.15, 0.2) is 48.5 Å².